The molecule has 0 spiro atoms. The molecule has 0 radical (unpaired) electrons. The number of aldehydes is 1. The van der Waals surface area contributed by atoms with E-state index in [1.807, 2.05) is 12.1 Å². The number of carbonyl (C=O) groups is 1. The first kappa shape index (κ1) is 8.62. The average Bonchev–Trinajstić information content (AvgIpc) is 2.67. The number of hydrogen-bond donors (Lipinski definition) is 1. The molecule has 2 aromatic heterocycles. The van der Waals surface area contributed by atoms with Gasteiger partial charge >= 0.3 is 0 Å². The summed E-state index contributed by atoms with van der Waals surface area (Å²) in [5, 5.41) is 6.61. The number of H-pyrrole nitrogens is 1. The molecule has 1 N–H and O–H groups in total. The SMILES string of the molecule is O=Cc1cc(Cc2cccnc2)[nH]n1. The van der Waals surface area contributed by atoms with Crippen LogP contribution in [0.3, 0.4) is 0 Å². The lowest BCUT2D eigenvalue weighted by Crippen LogP contribution is -1.88. The molecule has 0 saturated carbocycles. The molecule has 0 aliphatic carbocycles. The van der Waals surface area contributed by atoms with E-state index in [2.05, 4.69) is 15.2 Å². The fraction of sp³-hybridized carbons (Fsp3) is 0.100. The minimum atomic E-state index is 0.434. The van der Waals surface area contributed by atoms with Crippen LogP contribution in [0, 0.1) is 0 Å². The molecule has 0 aliphatic heterocycles. The van der Waals surface area contributed by atoms with Gasteiger partial charge in [-0.05, 0) is 17.7 Å². The number of aromatic amines is 1. The van der Waals surface area contributed by atoms with Crippen LogP contribution in [-0.4, -0.2) is 21.5 Å². The largest absolute Gasteiger partial charge is 0.296 e. The first-order valence-electron chi connectivity index (χ1n) is 4.27. The maximum Gasteiger partial charge on any atom is 0.170 e. The summed E-state index contributed by atoms with van der Waals surface area (Å²) >= 11 is 0. The van der Waals surface area contributed by atoms with Gasteiger partial charge in [0.15, 0.2) is 6.29 Å². The predicted octanol–water partition coefficient (Wildman–Crippen LogP) is 1.21. The third kappa shape index (κ3) is 1.85. The maximum absolute atomic E-state index is 10.4. The molecular weight excluding hydrogens is 178 g/mol. The summed E-state index contributed by atoms with van der Waals surface area (Å²) in [6.45, 7) is 0. The Morgan fingerprint density at radius 2 is 2.43 bits per heavy atom. The normalized spacial score (nSPS) is 10.0. The Bertz CT molecular complexity index is 422. The Hall–Kier alpha value is -1.97. The van der Waals surface area contributed by atoms with Gasteiger partial charge in [0.05, 0.1) is 0 Å². The lowest BCUT2D eigenvalue weighted by molar-refractivity contribution is 0.111. The molecule has 2 heterocycles. The summed E-state index contributed by atoms with van der Waals surface area (Å²) in [6.07, 6.45) is 4.96. The van der Waals surface area contributed by atoms with Crippen molar-refractivity contribution >= 4 is 6.29 Å². The summed E-state index contributed by atoms with van der Waals surface area (Å²) in [5.74, 6) is 0. The van der Waals surface area contributed by atoms with E-state index >= 15 is 0 Å². The fourth-order valence-electron chi connectivity index (χ4n) is 1.25. The molecule has 0 bridgehead atoms. The molecule has 0 aromatic carbocycles. The lowest BCUT2D eigenvalue weighted by atomic mass is 10.1. The van der Waals surface area contributed by atoms with Crippen LogP contribution in [0.25, 0.3) is 0 Å². The number of aromatic nitrogens is 3. The standard InChI is InChI=1S/C10H9N3O/c14-7-10-5-9(12-13-10)4-8-2-1-3-11-6-8/h1-3,5-7H,4H2,(H,12,13). The third-order valence-electron chi connectivity index (χ3n) is 1.89. The van der Waals surface area contributed by atoms with Gasteiger partial charge in [-0.1, -0.05) is 6.07 Å². The Kier molecular flexibility index (Phi) is 2.36. The van der Waals surface area contributed by atoms with E-state index in [4.69, 9.17) is 0 Å². The summed E-state index contributed by atoms with van der Waals surface area (Å²) < 4.78 is 0. The molecule has 4 nitrogen and oxygen atoms in total. The maximum atomic E-state index is 10.4. The third-order valence-corrected chi connectivity index (χ3v) is 1.89. The minimum absolute atomic E-state index is 0.434. The van der Waals surface area contributed by atoms with Gasteiger partial charge in [-0.15, -0.1) is 0 Å². The van der Waals surface area contributed by atoms with E-state index in [0.717, 1.165) is 17.5 Å². The molecule has 4 heteroatoms. The number of pyridine rings is 1. The van der Waals surface area contributed by atoms with Crippen molar-refractivity contribution < 1.29 is 4.79 Å². The second kappa shape index (κ2) is 3.83. The van der Waals surface area contributed by atoms with Crippen LogP contribution in [-0.2, 0) is 6.42 Å². The molecule has 2 aromatic rings. The van der Waals surface area contributed by atoms with Crippen LogP contribution in [0.2, 0.25) is 0 Å². The van der Waals surface area contributed by atoms with Crippen molar-refractivity contribution in [2.24, 2.45) is 0 Å². The van der Waals surface area contributed by atoms with Crippen molar-refractivity contribution in [1.29, 1.82) is 0 Å². The topological polar surface area (TPSA) is 58.6 Å². The van der Waals surface area contributed by atoms with Gasteiger partial charge in [-0.3, -0.25) is 14.9 Å². The van der Waals surface area contributed by atoms with Crippen molar-refractivity contribution in [3.8, 4) is 0 Å². The van der Waals surface area contributed by atoms with Crippen LogP contribution >= 0.6 is 0 Å². The Balaban J connectivity index is 2.15. The first-order valence-corrected chi connectivity index (χ1v) is 4.27. The lowest BCUT2D eigenvalue weighted by Gasteiger charge is -1.95. The molecule has 0 fully saturated rings. The van der Waals surface area contributed by atoms with Gasteiger partial charge in [-0.2, -0.15) is 5.10 Å². The summed E-state index contributed by atoms with van der Waals surface area (Å²) in [6, 6.07) is 5.60. The Labute approximate surface area is 81.0 Å². The molecule has 14 heavy (non-hydrogen) atoms. The molecule has 0 aliphatic rings. The van der Waals surface area contributed by atoms with E-state index in [-0.39, 0.29) is 0 Å². The second-order valence-corrected chi connectivity index (χ2v) is 2.97. The van der Waals surface area contributed by atoms with Gasteiger partial charge in [-0.25, -0.2) is 0 Å². The van der Waals surface area contributed by atoms with Crippen LogP contribution in [0.15, 0.2) is 30.6 Å². The second-order valence-electron chi connectivity index (χ2n) is 2.97. The van der Waals surface area contributed by atoms with Crippen molar-refractivity contribution in [2.45, 2.75) is 6.42 Å². The average molecular weight is 187 g/mol. The van der Waals surface area contributed by atoms with Gasteiger partial charge in [0.1, 0.15) is 5.69 Å². The monoisotopic (exact) mass is 187 g/mol. The van der Waals surface area contributed by atoms with Crippen molar-refractivity contribution in [2.75, 3.05) is 0 Å². The van der Waals surface area contributed by atoms with E-state index in [1.54, 1.807) is 18.5 Å². The van der Waals surface area contributed by atoms with Crippen LogP contribution in [0.1, 0.15) is 21.7 Å². The Morgan fingerprint density at radius 3 is 3.07 bits per heavy atom. The number of hydrogen-bond acceptors (Lipinski definition) is 3. The van der Waals surface area contributed by atoms with E-state index in [9.17, 15) is 4.79 Å². The number of rotatable bonds is 3. The minimum Gasteiger partial charge on any atom is -0.296 e. The molecule has 0 unspecified atom stereocenters. The fourth-order valence-corrected chi connectivity index (χ4v) is 1.25. The highest BCUT2D eigenvalue weighted by Crippen LogP contribution is 2.05. The van der Waals surface area contributed by atoms with E-state index in [1.165, 1.54) is 0 Å². The van der Waals surface area contributed by atoms with Crippen molar-refractivity contribution in [3.05, 3.63) is 47.5 Å². The highest BCUT2D eigenvalue weighted by Gasteiger charge is 2.00. The molecule has 2 rings (SSSR count). The van der Waals surface area contributed by atoms with Crippen LogP contribution < -0.4 is 0 Å². The Morgan fingerprint density at radius 1 is 1.50 bits per heavy atom. The highest BCUT2D eigenvalue weighted by atomic mass is 16.1. The summed E-state index contributed by atoms with van der Waals surface area (Å²) in [5.41, 5.74) is 2.44. The van der Waals surface area contributed by atoms with Crippen molar-refractivity contribution in [1.82, 2.24) is 15.2 Å². The zero-order valence-electron chi connectivity index (χ0n) is 7.47. The van der Waals surface area contributed by atoms with Gasteiger partial charge in [0, 0.05) is 24.5 Å². The van der Waals surface area contributed by atoms with Crippen LogP contribution in [0.4, 0.5) is 0 Å². The zero-order valence-corrected chi connectivity index (χ0v) is 7.47. The molecule has 0 saturated heterocycles. The predicted molar refractivity (Wildman–Crippen MR) is 51.0 cm³/mol. The number of nitrogens with zero attached hydrogens (tertiary/aromatic N) is 2. The summed E-state index contributed by atoms with van der Waals surface area (Å²) in [4.78, 5) is 14.4. The van der Waals surface area contributed by atoms with E-state index < -0.39 is 0 Å². The zero-order chi connectivity index (χ0) is 9.80. The quantitative estimate of drug-likeness (QED) is 0.734. The van der Waals surface area contributed by atoms with E-state index in [0.29, 0.717) is 12.1 Å². The molecule has 70 valence electrons. The van der Waals surface area contributed by atoms with Crippen LogP contribution in [0.5, 0.6) is 0 Å². The first-order chi connectivity index (χ1) is 6.88. The summed E-state index contributed by atoms with van der Waals surface area (Å²) in [7, 11) is 0. The van der Waals surface area contributed by atoms with Gasteiger partial charge < -0.3 is 0 Å². The van der Waals surface area contributed by atoms with Crippen molar-refractivity contribution in [3.63, 3.8) is 0 Å². The van der Waals surface area contributed by atoms with Gasteiger partial charge in [0.2, 0.25) is 0 Å². The smallest absolute Gasteiger partial charge is 0.170 e. The molecule has 0 amide bonds. The molecular formula is C10H9N3O. The number of nitrogens with one attached hydrogen (secondary N) is 1. The number of carbonyl (C=O) groups excluding carboxylic acids is 1. The van der Waals surface area contributed by atoms with Gasteiger partial charge in [0.25, 0.3) is 0 Å². The highest BCUT2D eigenvalue weighted by molar-refractivity contribution is 5.71. The molecule has 0 atom stereocenters.